The average Bonchev–Trinajstić information content (AvgIpc) is 3.72. The molecule has 0 spiro atoms. The van der Waals surface area contributed by atoms with Crippen LogP contribution in [0.5, 0.6) is 0 Å². The van der Waals surface area contributed by atoms with Gasteiger partial charge in [-0.05, 0) is 97.7 Å². The summed E-state index contributed by atoms with van der Waals surface area (Å²) in [5, 5.41) is 4.63. The molecule has 0 fully saturated rings. The predicted molar refractivity (Wildman–Crippen MR) is 253 cm³/mol. The van der Waals surface area contributed by atoms with E-state index in [4.69, 9.17) is 4.42 Å². The average molecular weight is 766 g/mol. The van der Waals surface area contributed by atoms with Crippen molar-refractivity contribution in [2.75, 3.05) is 4.90 Å². The molecule has 1 aromatic heterocycles. The van der Waals surface area contributed by atoms with Crippen LogP contribution in [0, 0.1) is 0 Å². The molecule has 0 aliphatic rings. The summed E-state index contributed by atoms with van der Waals surface area (Å²) in [5.74, 6) is 0. The van der Waals surface area contributed by atoms with Crippen molar-refractivity contribution in [3.8, 4) is 55.6 Å². The normalized spacial score (nSPS) is 11.3. The molecule has 0 saturated heterocycles. The first-order valence-electron chi connectivity index (χ1n) is 20.5. The molecule has 0 bridgehead atoms. The Kier molecular flexibility index (Phi) is 8.87. The zero-order valence-electron chi connectivity index (χ0n) is 32.9. The maximum Gasteiger partial charge on any atom is 0.143 e. The van der Waals surface area contributed by atoms with Crippen LogP contribution in [0.1, 0.15) is 0 Å². The highest BCUT2D eigenvalue weighted by Gasteiger charge is 2.22. The smallest absolute Gasteiger partial charge is 0.143 e. The minimum atomic E-state index is 0.900. The minimum absolute atomic E-state index is 0.900. The predicted octanol–water partition coefficient (Wildman–Crippen LogP) is 16.5. The van der Waals surface area contributed by atoms with Gasteiger partial charge in [0.25, 0.3) is 0 Å². The molecule has 2 heteroatoms. The third-order valence-electron chi connectivity index (χ3n) is 11.7. The second-order valence-electron chi connectivity index (χ2n) is 15.2. The van der Waals surface area contributed by atoms with Crippen LogP contribution in [-0.4, -0.2) is 0 Å². The molecule has 2 nitrogen and oxygen atoms in total. The molecule has 0 radical (unpaired) electrons. The molecule has 0 saturated carbocycles. The molecule has 0 unspecified atom stereocenters. The maximum absolute atomic E-state index is 6.48. The lowest BCUT2D eigenvalue weighted by molar-refractivity contribution is 0.670. The van der Waals surface area contributed by atoms with E-state index in [0.717, 1.165) is 55.7 Å². The summed E-state index contributed by atoms with van der Waals surface area (Å²) in [7, 11) is 0. The van der Waals surface area contributed by atoms with Gasteiger partial charge in [0.2, 0.25) is 0 Å². The van der Waals surface area contributed by atoms with Crippen LogP contribution in [0.4, 0.5) is 17.1 Å². The van der Waals surface area contributed by atoms with Crippen molar-refractivity contribution in [2.24, 2.45) is 0 Å². The van der Waals surface area contributed by atoms with E-state index in [-0.39, 0.29) is 0 Å². The van der Waals surface area contributed by atoms with Gasteiger partial charge in [0.05, 0.1) is 5.69 Å². The van der Waals surface area contributed by atoms with E-state index in [2.05, 4.69) is 229 Å². The number of nitrogens with zero attached hydrogens (tertiary/aromatic N) is 1. The third-order valence-corrected chi connectivity index (χ3v) is 11.7. The molecule has 282 valence electrons. The second-order valence-corrected chi connectivity index (χ2v) is 15.2. The maximum atomic E-state index is 6.48. The molecule has 60 heavy (non-hydrogen) atoms. The first kappa shape index (κ1) is 35.2. The van der Waals surface area contributed by atoms with Gasteiger partial charge in [-0.25, -0.2) is 0 Å². The molecule has 0 atom stereocenters. The van der Waals surface area contributed by atoms with Crippen LogP contribution < -0.4 is 4.90 Å². The van der Waals surface area contributed by atoms with Gasteiger partial charge in [0.15, 0.2) is 0 Å². The fourth-order valence-electron chi connectivity index (χ4n) is 8.79. The summed E-state index contributed by atoms with van der Waals surface area (Å²) in [6.45, 7) is 0. The standard InChI is InChI=1S/C58H39NO/c1-3-16-40(17-4-1)41-30-34-46(35-31-41)59(47-36-32-43(33-37-47)49-27-15-28-54-53-26-13-14-29-57(53)60-58(49)54)56-39-45-21-8-7-20-44(45)38-55(56)52-25-12-11-24-51(52)50-23-10-9-22-48(50)42-18-5-2-6-19-42/h1-39H. The molecule has 11 aromatic rings. The van der Waals surface area contributed by atoms with E-state index in [1.807, 2.05) is 12.1 Å². The molecule has 11 rings (SSSR count). The number of fused-ring (bicyclic) bond motifs is 4. The highest BCUT2D eigenvalue weighted by Crippen LogP contribution is 2.47. The van der Waals surface area contributed by atoms with Crippen LogP contribution in [0.25, 0.3) is 88.3 Å². The monoisotopic (exact) mass is 765 g/mol. The SMILES string of the molecule is c1ccc(-c2ccc(N(c3ccc(-c4cccc5c4oc4ccccc45)cc3)c3cc4ccccc4cc3-c3ccccc3-c3ccccc3-c3ccccc3)cc2)cc1. The molecular weight excluding hydrogens is 727 g/mol. The summed E-state index contributed by atoms with van der Waals surface area (Å²) in [4.78, 5) is 2.42. The topological polar surface area (TPSA) is 16.4 Å². The highest BCUT2D eigenvalue weighted by atomic mass is 16.3. The Hall–Kier alpha value is -7.94. The first-order chi connectivity index (χ1) is 29.8. The van der Waals surface area contributed by atoms with Gasteiger partial charge in [0.1, 0.15) is 11.2 Å². The summed E-state index contributed by atoms with van der Waals surface area (Å²) in [6.07, 6.45) is 0. The summed E-state index contributed by atoms with van der Waals surface area (Å²) < 4.78 is 6.48. The van der Waals surface area contributed by atoms with Gasteiger partial charge in [-0.1, -0.05) is 194 Å². The lowest BCUT2D eigenvalue weighted by atomic mass is 9.88. The van der Waals surface area contributed by atoms with E-state index in [9.17, 15) is 0 Å². The van der Waals surface area contributed by atoms with Crippen molar-refractivity contribution in [3.05, 3.63) is 237 Å². The fourth-order valence-corrected chi connectivity index (χ4v) is 8.79. The largest absolute Gasteiger partial charge is 0.455 e. The van der Waals surface area contributed by atoms with Crippen LogP contribution in [0.15, 0.2) is 241 Å². The van der Waals surface area contributed by atoms with Crippen molar-refractivity contribution in [2.45, 2.75) is 0 Å². The fraction of sp³-hybridized carbons (Fsp3) is 0. The van der Waals surface area contributed by atoms with Gasteiger partial charge in [-0.3, -0.25) is 0 Å². The molecule has 0 aliphatic heterocycles. The van der Waals surface area contributed by atoms with Gasteiger partial charge in [0, 0.05) is 33.3 Å². The number of benzene rings is 10. The molecular formula is C58H39NO. The number of anilines is 3. The van der Waals surface area contributed by atoms with Gasteiger partial charge >= 0.3 is 0 Å². The van der Waals surface area contributed by atoms with Crippen LogP contribution in [-0.2, 0) is 0 Å². The van der Waals surface area contributed by atoms with E-state index < -0.39 is 0 Å². The third kappa shape index (κ3) is 6.32. The lowest BCUT2D eigenvalue weighted by Gasteiger charge is -2.29. The van der Waals surface area contributed by atoms with E-state index in [1.54, 1.807) is 0 Å². The Labute approximate surface area is 349 Å². The minimum Gasteiger partial charge on any atom is -0.455 e. The Bertz CT molecular complexity index is 3290. The van der Waals surface area contributed by atoms with Gasteiger partial charge in [-0.15, -0.1) is 0 Å². The highest BCUT2D eigenvalue weighted by molar-refractivity contribution is 6.10. The molecule has 0 aliphatic carbocycles. The Morgan fingerprint density at radius 3 is 1.42 bits per heavy atom. The molecule has 1 heterocycles. The Morgan fingerprint density at radius 1 is 0.283 bits per heavy atom. The summed E-state index contributed by atoms with van der Waals surface area (Å²) in [6, 6.07) is 85.0. The van der Waals surface area contributed by atoms with Crippen molar-refractivity contribution >= 4 is 49.8 Å². The second kappa shape index (κ2) is 15.1. The number of hydrogen-bond donors (Lipinski definition) is 0. The Balaban J connectivity index is 1.12. The quantitative estimate of drug-likeness (QED) is 0.153. The number of hydrogen-bond acceptors (Lipinski definition) is 2. The van der Waals surface area contributed by atoms with Crippen molar-refractivity contribution in [1.82, 2.24) is 0 Å². The van der Waals surface area contributed by atoms with Crippen molar-refractivity contribution in [1.29, 1.82) is 0 Å². The van der Waals surface area contributed by atoms with Crippen molar-refractivity contribution < 1.29 is 4.42 Å². The van der Waals surface area contributed by atoms with E-state index in [0.29, 0.717) is 0 Å². The molecule has 0 amide bonds. The van der Waals surface area contributed by atoms with E-state index >= 15 is 0 Å². The molecule has 0 N–H and O–H groups in total. The number of rotatable bonds is 8. The van der Waals surface area contributed by atoms with Gasteiger partial charge < -0.3 is 9.32 Å². The summed E-state index contributed by atoms with van der Waals surface area (Å²) >= 11 is 0. The van der Waals surface area contributed by atoms with Crippen LogP contribution >= 0.6 is 0 Å². The summed E-state index contributed by atoms with van der Waals surface area (Å²) in [5.41, 5.74) is 16.7. The zero-order chi connectivity index (χ0) is 39.8. The lowest BCUT2D eigenvalue weighted by Crippen LogP contribution is -2.11. The van der Waals surface area contributed by atoms with E-state index in [1.165, 1.54) is 49.7 Å². The zero-order valence-corrected chi connectivity index (χ0v) is 32.9. The van der Waals surface area contributed by atoms with Crippen LogP contribution in [0.2, 0.25) is 0 Å². The number of furan rings is 1. The first-order valence-corrected chi connectivity index (χ1v) is 20.5. The van der Waals surface area contributed by atoms with Crippen LogP contribution in [0.3, 0.4) is 0 Å². The Morgan fingerprint density at radius 2 is 0.733 bits per heavy atom. The van der Waals surface area contributed by atoms with Gasteiger partial charge in [-0.2, -0.15) is 0 Å². The molecule has 10 aromatic carbocycles. The number of para-hydroxylation sites is 2. The van der Waals surface area contributed by atoms with Crippen molar-refractivity contribution in [3.63, 3.8) is 0 Å².